The number of halogens is 3. The monoisotopic (exact) mass is 326 g/mol. The van der Waals surface area contributed by atoms with Crippen LogP contribution in [-0.2, 0) is 12.7 Å². The minimum atomic E-state index is -4.49. The Morgan fingerprint density at radius 1 is 1.26 bits per heavy atom. The number of alkyl halides is 3. The van der Waals surface area contributed by atoms with Crippen molar-refractivity contribution >= 4 is 11.9 Å². The summed E-state index contributed by atoms with van der Waals surface area (Å²) in [7, 11) is 1.38. The molecule has 23 heavy (non-hydrogen) atoms. The van der Waals surface area contributed by atoms with E-state index in [2.05, 4.69) is 4.98 Å². The number of methoxy groups -OCH3 is 1. The molecule has 0 aliphatic rings. The highest BCUT2D eigenvalue weighted by Crippen LogP contribution is 2.30. The number of benzene rings is 1. The van der Waals surface area contributed by atoms with Crippen LogP contribution in [0.1, 0.15) is 11.1 Å². The zero-order valence-electron chi connectivity index (χ0n) is 12.0. The predicted molar refractivity (Wildman–Crippen MR) is 76.4 cm³/mol. The molecule has 0 fully saturated rings. The molecule has 1 aromatic carbocycles. The third-order valence-corrected chi connectivity index (χ3v) is 3.02. The molecule has 0 bridgehead atoms. The maximum Gasteiger partial charge on any atom is 0.416 e. The number of amides is 1. The van der Waals surface area contributed by atoms with Crippen LogP contribution in [0.5, 0.6) is 5.88 Å². The smallest absolute Gasteiger partial charge is 0.416 e. The highest BCUT2D eigenvalue weighted by Gasteiger charge is 2.30. The molecule has 0 aliphatic carbocycles. The lowest BCUT2D eigenvalue weighted by Gasteiger charge is -2.19. The Morgan fingerprint density at radius 2 is 1.96 bits per heavy atom. The summed E-state index contributed by atoms with van der Waals surface area (Å²) in [5.41, 5.74) is -0.634. The summed E-state index contributed by atoms with van der Waals surface area (Å²) < 4.78 is 43.1. The molecule has 0 saturated heterocycles. The maximum absolute atomic E-state index is 12.7. The van der Waals surface area contributed by atoms with E-state index < -0.39 is 17.8 Å². The van der Waals surface area contributed by atoms with Crippen molar-refractivity contribution in [3.8, 4) is 5.88 Å². The molecule has 2 rings (SSSR count). The van der Waals surface area contributed by atoms with Crippen LogP contribution < -0.4 is 9.64 Å². The Balaban J connectivity index is 2.32. The van der Waals surface area contributed by atoms with E-state index in [0.29, 0.717) is 0 Å². The van der Waals surface area contributed by atoms with Crippen LogP contribution in [0.4, 0.5) is 23.8 Å². The summed E-state index contributed by atoms with van der Waals surface area (Å²) in [4.78, 5) is 16.2. The van der Waals surface area contributed by atoms with Crippen LogP contribution in [0.15, 0.2) is 42.5 Å². The zero-order chi connectivity index (χ0) is 17.0. The molecule has 0 spiro atoms. The predicted octanol–water partition coefficient (Wildman–Crippen LogP) is 3.79. The van der Waals surface area contributed by atoms with Gasteiger partial charge in [-0.25, -0.2) is 4.79 Å². The summed E-state index contributed by atoms with van der Waals surface area (Å²) in [5, 5.41) is 9.30. The van der Waals surface area contributed by atoms with Gasteiger partial charge in [0, 0.05) is 6.07 Å². The molecule has 5 nitrogen and oxygen atoms in total. The van der Waals surface area contributed by atoms with Gasteiger partial charge in [-0.05, 0) is 23.8 Å². The highest BCUT2D eigenvalue weighted by atomic mass is 19.4. The first-order chi connectivity index (χ1) is 10.8. The largest absolute Gasteiger partial charge is 0.481 e. The minimum absolute atomic E-state index is 0.0641. The Kier molecular flexibility index (Phi) is 4.73. The molecule has 8 heteroatoms. The van der Waals surface area contributed by atoms with Crippen molar-refractivity contribution in [3.05, 3.63) is 53.6 Å². The molecule has 1 N–H and O–H groups in total. The average molecular weight is 326 g/mol. The van der Waals surface area contributed by atoms with Crippen LogP contribution in [0.3, 0.4) is 0 Å². The van der Waals surface area contributed by atoms with Crippen molar-refractivity contribution in [2.24, 2.45) is 0 Å². The normalized spacial score (nSPS) is 11.1. The molecule has 0 aliphatic heterocycles. The van der Waals surface area contributed by atoms with Crippen LogP contribution in [0.2, 0.25) is 0 Å². The van der Waals surface area contributed by atoms with Crippen molar-refractivity contribution < 1.29 is 27.8 Å². The van der Waals surface area contributed by atoms with Crippen LogP contribution >= 0.6 is 0 Å². The molecule has 122 valence electrons. The van der Waals surface area contributed by atoms with Crippen LogP contribution in [0, 0.1) is 0 Å². The molecule has 0 radical (unpaired) electrons. The van der Waals surface area contributed by atoms with Crippen molar-refractivity contribution in [2.75, 3.05) is 12.0 Å². The van der Waals surface area contributed by atoms with Crippen LogP contribution in [0.25, 0.3) is 0 Å². The summed E-state index contributed by atoms with van der Waals surface area (Å²) in [6.45, 7) is -0.264. The van der Waals surface area contributed by atoms with E-state index in [-0.39, 0.29) is 23.8 Å². The number of carboxylic acid groups (broad SMARTS) is 1. The standard InChI is InChI=1S/C15H13F3N2O3/c1-23-13-7-3-6-12(19-13)20(14(21)22)9-10-4-2-5-11(8-10)15(16,17)18/h2-8H,9H2,1H3,(H,21,22). The quantitative estimate of drug-likeness (QED) is 0.928. The molecule has 1 amide bonds. The van der Waals surface area contributed by atoms with Gasteiger partial charge in [-0.15, -0.1) is 0 Å². The van der Waals surface area contributed by atoms with Crippen molar-refractivity contribution in [1.82, 2.24) is 4.98 Å². The Bertz CT molecular complexity index is 704. The van der Waals surface area contributed by atoms with Gasteiger partial charge in [0.05, 0.1) is 19.2 Å². The molecule has 0 saturated carbocycles. The lowest BCUT2D eigenvalue weighted by atomic mass is 10.1. The fourth-order valence-corrected chi connectivity index (χ4v) is 1.94. The van der Waals surface area contributed by atoms with E-state index in [1.165, 1.54) is 31.4 Å². The first-order valence-electron chi connectivity index (χ1n) is 6.49. The third kappa shape index (κ3) is 4.12. The molecule has 0 unspecified atom stereocenters. The van der Waals surface area contributed by atoms with Gasteiger partial charge in [0.25, 0.3) is 0 Å². The number of nitrogens with zero attached hydrogens (tertiary/aromatic N) is 2. The van der Waals surface area contributed by atoms with Gasteiger partial charge in [-0.1, -0.05) is 18.2 Å². The van der Waals surface area contributed by atoms with Gasteiger partial charge in [0.2, 0.25) is 5.88 Å². The van der Waals surface area contributed by atoms with Gasteiger partial charge >= 0.3 is 12.3 Å². The van der Waals surface area contributed by atoms with Gasteiger partial charge in [-0.3, -0.25) is 4.90 Å². The second kappa shape index (κ2) is 6.55. The fraction of sp³-hybridized carbons (Fsp3) is 0.200. The van der Waals surface area contributed by atoms with E-state index in [1.54, 1.807) is 6.07 Å². The molecule has 1 heterocycles. The molecule has 2 aromatic rings. The zero-order valence-corrected chi connectivity index (χ0v) is 12.0. The molecule has 0 atom stereocenters. The second-order valence-electron chi connectivity index (χ2n) is 4.61. The van der Waals surface area contributed by atoms with Crippen molar-refractivity contribution in [1.29, 1.82) is 0 Å². The van der Waals surface area contributed by atoms with Gasteiger partial charge < -0.3 is 9.84 Å². The highest BCUT2D eigenvalue weighted by molar-refractivity contribution is 5.84. The Morgan fingerprint density at radius 3 is 2.57 bits per heavy atom. The third-order valence-electron chi connectivity index (χ3n) is 3.02. The SMILES string of the molecule is COc1cccc(N(Cc2cccc(C(F)(F)F)c2)C(=O)O)n1. The first-order valence-corrected chi connectivity index (χ1v) is 6.49. The first kappa shape index (κ1) is 16.6. The van der Waals surface area contributed by atoms with E-state index in [9.17, 15) is 23.1 Å². The van der Waals surface area contributed by atoms with Crippen LogP contribution in [-0.4, -0.2) is 23.3 Å². The van der Waals surface area contributed by atoms with E-state index in [1.807, 2.05) is 0 Å². The molecular weight excluding hydrogens is 313 g/mol. The summed E-state index contributed by atoms with van der Waals surface area (Å²) >= 11 is 0. The summed E-state index contributed by atoms with van der Waals surface area (Å²) in [5.74, 6) is 0.270. The van der Waals surface area contributed by atoms with Crippen molar-refractivity contribution in [2.45, 2.75) is 12.7 Å². The number of carbonyl (C=O) groups is 1. The number of anilines is 1. The molecule has 1 aromatic heterocycles. The fourth-order valence-electron chi connectivity index (χ4n) is 1.94. The lowest BCUT2D eigenvalue weighted by Crippen LogP contribution is -2.29. The number of hydrogen-bond acceptors (Lipinski definition) is 3. The average Bonchev–Trinajstić information content (AvgIpc) is 2.52. The Labute approximate surface area is 129 Å². The minimum Gasteiger partial charge on any atom is -0.481 e. The topological polar surface area (TPSA) is 62.7 Å². The lowest BCUT2D eigenvalue weighted by molar-refractivity contribution is -0.137. The van der Waals surface area contributed by atoms with Gasteiger partial charge in [0.1, 0.15) is 5.82 Å². The molecular formula is C15H13F3N2O3. The number of hydrogen-bond donors (Lipinski definition) is 1. The number of pyridine rings is 1. The number of ether oxygens (including phenoxy) is 1. The van der Waals surface area contributed by atoms with E-state index in [4.69, 9.17) is 4.74 Å². The second-order valence-corrected chi connectivity index (χ2v) is 4.61. The maximum atomic E-state index is 12.7. The summed E-state index contributed by atoms with van der Waals surface area (Å²) in [6, 6.07) is 9.01. The van der Waals surface area contributed by atoms with E-state index >= 15 is 0 Å². The Hall–Kier alpha value is -2.77. The van der Waals surface area contributed by atoms with Gasteiger partial charge in [0.15, 0.2) is 0 Å². The van der Waals surface area contributed by atoms with E-state index in [0.717, 1.165) is 17.0 Å². The number of rotatable bonds is 4. The summed E-state index contributed by atoms with van der Waals surface area (Å²) in [6.07, 6.45) is -5.82. The number of aromatic nitrogens is 1. The van der Waals surface area contributed by atoms with Crippen molar-refractivity contribution in [3.63, 3.8) is 0 Å². The van der Waals surface area contributed by atoms with Gasteiger partial charge in [-0.2, -0.15) is 18.2 Å².